The Kier molecular flexibility index (Phi) is 4.86. The van der Waals surface area contributed by atoms with E-state index < -0.39 is 29.6 Å². The van der Waals surface area contributed by atoms with Crippen LogP contribution in [-0.4, -0.2) is 17.9 Å². The van der Waals surface area contributed by atoms with Crippen LogP contribution in [-0.2, 0) is 4.79 Å². The van der Waals surface area contributed by atoms with Crippen LogP contribution in [0.2, 0.25) is 0 Å². The van der Waals surface area contributed by atoms with Gasteiger partial charge in [0, 0.05) is 12.0 Å². The summed E-state index contributed by atoms with van der Waals surface area (Å²) in [6, 6.07) is 5.99. The summed E-state index contributed by atoms with van der Waals surface area (Å²) in [5.74, 6) is -2.42. The standard InChI is InChI=1S/C13H10F3NO3/c1-8(18)10(7-17)6-12(19)9-2-4-11(5-3-9)20-13(14,15)16/h2-5,10H,6H2,1H3. The van der Waals surface area contributed by atoms with Gasteiger partial charge in [0.25, 0.3) is 0 Å². The van der Waals surface area contributed by atoms with Crippen molar-refractivity contribution in [3.05, 3.63) is 29.8 Å². The number of hydrogen-bond donors (Lipinski definition) is 0. The molecular weight excluding hydrogens is 275 g/mol. The summed E-state index contributed by atoms with van der Waals surface area (Å²) >= 11 is 0. The second kappa shape index (κ2) is 6.19. The first-order valence-electron chi connectivity index (χ1n) is 5.52. The molecule has 0 fully saturated rings. The molecule has 0 saturated heterocycles. The normalized spacial score (nSPS) is 12.3. The highest BCUT2D eigenvalue weighted by atomic mass is 19.4. The van der Waals surface area contributed by atoms with Gasteiger partial charge in [-0.25, -0.2) is 0 Å². The van der Waals surface area contributed by atoms with Crippen molar-refractivity contribution in [2.45, 2.75) is 19.7 Å². The van der Waals surface area contributed by atoms with Gasteiger partial charge in [0.15, 0.2) is 5.78 Å². The van der Waals surface area contributed by atoms with Crippen molar-refractivity contribution in [2.24, 2.45) is 5.92 Å². The molecule has 1 aromatic carbocycles. The van der Waals surface area contributed by atoms with E-state index in [2.05, 4.69) is 4.74 Å². The van der Waals surface area contributed by atoms with Crippen molar-refractivity contribution in [1.29, 1.82) is 5.26 Å². The largest absolute Gasteiger partial charge is 0.573 e. The van der Waals surface area contributed by atoms with Gasteiger partial charge < -0.3 is 4.74 Å². The Morgan fingerprint density at radius 1 is 1.30 bits per heavy atom. The summed E-state index contributed by atoms with van der Waals surface area (Å²) in [6.45, 7) is 1.20. The van der Waals surface area contributed by atoms with Crippen LogP contribution in [0.15, 0.2) is 24.3 Å². The average Bonchev–Trinajstić information content (AvgIpc) is 2.34. The van der Waals surface area contributed by atoms with Gasteiger partial charge in [-0.3, -0.25) is 9.59 Å². The summed E-state index contributed by atoms with van der Waals surface area (Å²) in [5, 5.41) is 8.70. The Balaban J connectivity index is 2.76. The fourth-order valence-corrected chi connectivity index (χ4v) is 1.43. The summed E-state index contributed by atoms with van der Waals surface area (Å²) in [6.07, 6.45) is -5.10. The van der Waals surface area contributed by atoms with Crippen molar-refractivity contribution < 1.29 is 27.5 Å². The molecular formula is C13H10F3NO3. The van der Waals surface area contributed by atoms with Crippen molar-refractivity contribution in [2.75, 3.05) is 0 Å². The Bertz CT molecular complexity index is 543. The number of halogens is 3. The second-order valence-corrected chi connectivity index (χ2v) is 3.99. The van der Waals surface area contributed by atoms with E-state index in [-0.39, 0.29) is 12.0 Å². The lowest BCUT2D eigenvalue weighted by molar-refractivity contribution is -0.274. The quantitative estimate of drug-likeness (QED) is 0.780. The molecule has 1 rings (SSSR count). The van der Waals surface area contributed by atoms with Gasteiger partial charge in [0.2, 0.25) is 0 Å². The van der Waals surface area contributed by atoms with Gasteiger partial charge in [0.1, 0.15) is 17.5 Å². The van der Waals surface area contributed by atoms with Gasteiger partial charge in [0.05, 0.1) is 6.07 Å². The third kappa shape index (κ3) is 4.72. The van der Waals surface area contributed by atoms with E-state index in [1.54, 1.807) is 6.07 Å². The zero-order chi connectivity index (χ0) is 15.3. The highest BCUT2D eigenvalue weighted by Gasteiger charge is 2.31. The minimum atomic E-state index is -4.80. The topological polar surface area (TPSA) is 67.2 Å². The molecule has 0 heterocycles. The molecule has 0 aliphatic heterocycles. The monoisotopic (exact) mass is 285 g/mol. The van der Waals surface area contributed by atoms with E-state index in [9.17, 15) is 22.8 Å². The molecule has 1 unspecified atom stereocenters. The number of alkyl halides is 3. The number of benzene rings is 1. The second-order valence-electron chi connectivity index (χ2n) is 3.99. The van der Waals surface area contributed by atoms with Gasteiger partial charge in [-0.1, -0.05) is 0 Å². The predicted molar refractivity (Wildman–Crippen MR) is 61.9 cm³/mol. The highest BCUT2D eigenvalue weighted by Crippen LogP contribution is 2.23. The van der Waals surface area contributed by atoms with Crippen LogP contribution in [0.1, 0.15) is 23.7 Å². The van der Waals surface area contributed by atoms with Crippen LogP contribution in [0, 0.1) is 17.2 Å². The Morgan fingerprint density at radius 3 is 2.25 bits per heavy atom. The predicted octanol–water partition coefficient (Wildman–Crippen LogP) is 2.89. The van der Waals surface area contributed by atoms with E-state index in [1.807, 2.05) is 0 Å². The molecule has 0 aliphatic rings. The summed E-state index contributed by atoms with van der Waals surface area (Å²) in [7, 11) is 0. The number of hydrogen-bond acceptors (Lipinski definition) is 4. The zero-order valence-electron chi connectivity index (χ0n) is 10.4. The lowest BCUT2D eigenvalue weighted by atomic mass is 9.96. The molecule has 7 heteroatoms. The minimum absolute atomic E-state index is 0.112. The van der Waals surface area contributed by atoms with Crippen molar-refractivity contribution in [1.82, 2.24) is 0 Å². The molecule has 0 amide bonds. The lowest BCUT2D eigenvalue weighted by Gasteiger charge is -2.09. The third-order valence-corrected chi connectivity index (χ3v) is 2.45. The molecule has 106 valence electrons. The van der Waals surface area contributed by atoms with Gasteiger partial charge >= 0.3 is 6.36 Å². The molecule has 0 radical (unpaired) electrons. The van der Waals surface area contributed by atoms with E-state index in [0.717, 1.165) is 24.3 Å². The van der Waals surface area contributed by atoms with Crippen LogP contribution >= 0.6 is 0 Å². The summed E-state index contributed by atoms with van der Waals surface area (Å²) < 4.78 is 39.5. The van der Waals surface area contributed by atoms with E-state index in [0.29, 0.717) is 0 Å². The molecule has 0 aromatic heterocycles. The number of Topliss-reactive ketones (excluding diaryl/α,β-unsaturated/α-hetero) is 2. The first-order valence-corrected chi connectivity index (χ1v) is 5.52. The zero-order valence-corrected chi connectivity index (χ0v) is 10.4. The fraction of sp³-hybridized carbons (Fsp3) is 0.308. The first-order chi connectivity index (χ1) is 9.23. The maximum atomic E-state index is 11.9. The maximum Gasteiger partial charge on any atom is 0.573 e. The smallest absolute Gasteiger partial charge is 0.406 e. The molecule has 20 heavy (non-hydrogen) atoms. The number of nitriles is 1. The van der Waals surface area contributed by atoms with Crippen LogP contribution in [0.5, 0.6) is 5.75 Å². The van der Waals surface area contributed by atoms with Crippen LogP contribution in [0.3, 0.4) is 0 Å². The van der Waals surface area contributed by atoms with Gasteiger partial charge in [-0.2, -0.15) is 5.26 Å². The average molecular weight is 285 g/mol. The maximum absolute atomic E-state index is 11.9. The summed E-state index contributed by atoms with van der Waals surface area (Å²) in [4.78, 5) is 22.8. The molecule has 0 saturated carbocycles. The van der Waals surface area contributed by atoms with E-state index >= 15 is 0 Å². The van der Waals surface area contributed by atoms with Gasteiger partial charge in [-0.15, -0.1) is 13.2 Å². The van der Waals surface area contributed by atoms with E-state index in [4.69, 9.17) is 5.26 Å². The molecule has 0 N–H and O–H groups in total. The third-order valence-electron chi connectivity index (χ3n) is 2.45. The van der Waals surface area contributed by atoms with Crippen LogP contribution < -0.4 is 4.74 Å². The van der Waals surface area contributed by atoms with Gasteiger partial charge in [-0.05, 0) is 31.2 Å². The van der Waals surface area contributed by atoms with E-state index in [1.165, 1.54) is 6.92 Å². The Morgan fingerprint density at radius 2 is 1.85 bits per heavy atom. The summed E-state index contributed by atoms with van der Waals surface area (Å²) in [5.41, 5.74) is 0.112. The fourth-order valence-electron chi connectivity index (χ4n) is 1.43. The Hall–Kier alpha value is -2.36. The van der Waals surface area contributed by atoms with Crippen molar-refractivity contribution in [3.63, 3.8) is 0 Å². The SMILES string of the molecule is CC(=O)C(C#N)CC(=O)c1ccc(OC(F)(F)F)cc1. The Labute approximate surface area is 112 Å². The number of nitrogens with zero attached hydrogens (tertiary/aromatic N) is 1. The molecule has 0 aliphatic carbocycles. The molecule has 4 nitrogen and oxygen atoms in total. The minimum Gasteiger partial charge on any atom is -0.406 e. The first kappa shape index (κ1) is 15.7. The van der Waals surface area contributed by atoms with Crippen molar-refractivity contribution >= 4 is 11.6 Å². The number of ether oxygens (including phenoxy) is 1. The highest BCUT2D eigenvalue weighted by molar-refractivity contribution is 5.99. The number of carbonyl (C=O) groups is 2. The lowest BCUT2D eigenvalue weighted by Crippen LogP contribution is -2.17. The molecule has 1 atom stereocenters. The number of ketones is 2. The van der Waals surface area contributed by atoms with Crippen molar-refractivity contribution in [3.8, 4) is 11.8 Å². The van der Waals surface area contributed by atoms with Crippen LogP contribution in [0.4, 0.5) is 13.2 Å². The molecule has 0 bridgehead atoms. The van der Waals surface area contributed by atoms with Crippen LogP contribution in [0.25, 0.3) is 0 Å². The number of carbonyl (C=O) groups excluding carboxylic acids is 2. The number of rotatable bonds is 5. The molecule has 1 aromatic rings. The molecule has 0 spiro atoms.